The molecule has 0 unspecified atom stereocenters. The summed E-state index contributed by atoms with van der Waals surface area (Å²) < 4.78 is 9.74. The van der Waals surface area contributed by atoms with Crippen LogP contribution in [0.25, 0.3) is 11.3 Å². The number of benzene rings is 1. The van der Waals surface area contributed by atoms with Crippen molar-refractivity contribution in [3.05, 3.63) is 71.2 Å². The molecule has 27 heavy (non-hydrogen) atoms. The molecule has 8 heteroatoms. The Morgan fingerprint density at radius 1 is 1.11 bits per heavy atom. The van der Waals surface area contributed by atoms with E-state index in [1.54, 1.807) is 53.7 Å². The molecule has 1 aromatic heterocycles. The van der Waals surface area contributed by atoms with Crippen molar-refractivity contribution in [1.82, 2.24) is 10.2 Å². The highest BCUT2D eigenvalue weighted by atomic mass is 35.5. The molecule has 1 aromatic carbocycles. The second kappa shape index (κ2) is 7.92. The lowest BCUT2D eigenvalue weighted by Crippen LogP contribution is -2.27. The third-order valence-corrected chi connectivity index (χ3v) is 4.13. The molecular formula is C19H16ClN3O4. The number of nitrogens with one attached hydrogen (secondary N) is 1. The number of aromatic amines is 1. The molecule has 0 fully saturated rings. The van der Waals surface area contributed by atoms with Gasteiger partial charge in [-0.15, -0.1) is 0 Å². The Labute approximate surface area is 160 Å². The first-order chi connectivity index (χ1) is 13.1. The van der Waals surface area contributed by atoms with Crippen LogP contribution in [0.4, 0.5) is 5.69 Å². The Morgan fingerprint density at radius 2 is 1.89 bits per heavy atom. The Morgan fingerprint density at radius 3 is 2.56 bits per heavy atom. The van der Waals surface area contributed by atoms with Gasteiger partial charge < -0.3 is 14.4 Å². The van der Waals surface area contributed by atoms with Gasteiger partial charge >= 0.3 is 11.9 Å². The number of esters is 2. The van der Waals surface area contributed by atoms with Crippen molar-refractivity contribution in [2.24, 2.45) is 0 Å². The molecule has 0 amide bonds. The van der Waals surface area contributed by atoms with Crippen LogP contribution in [0.3, 0.4) is 0 Å². The number of hydrogen-bond donors (Lipinski definition) is 1. The highest BCUT2D eigenvalue weighted by Crippen LogP contribution is 2.36. The number of halogens is 1. The predicted molar refractivity (Wildman–Crippen MR) is 101 cm³/mol. The van der Waals surface area contributed by atoms with E-state index in [0.29, 0.717) is 10.7 Å². The predicted octanol–water partition coefficient (Wildman–Crippen LogP) is 3.22. The highest BCUT2D eigenvalue weighted by Gasteiger charge is 2.29. The van der Waals surface area contributed by atoms with Crippen LogP contribution in [0, 0.1) is 0 Å². The summed E-state index contributed by atoms with van der Waals surface area (Å²) >= 11 is 6.21. The second-order valence-corrected chi connectivity index (χ2v) is 5.88. The molecule has 2 aromatic rings. The summed E-state index contributed by atoms with van der Waals surface area (Å²) in [5.74, 6) is -1.35. The fourth-order valence-electron chi connectivity index (χ4n) is 2.69. The fourth-order valence-corrected chi connectivity index (χ4v) is 2.86. The van der Waals surface area contributed by atoms with E-state index < -0.39 is 11.9 Å². The molecule has 1 aliphatic rings. The molecule has 0 spiro atoms. The fraction of sp³-hybridized carbons (Fsp3) is 0.105. The quantitative estimate of drug-likeness (QED) is 0.813. The number of aromatic nitrogens is 2. The molecule has 0 bridgehead atoms. The smallest absolute Gasteiger partial charge is 0.355 e. The number of methoxy groups -OCH3 is 2. The van der Waals surface area contributed by atoms with E-state index in [0.717, 1.165) is 11.3 Å². The van der Waals surface area contributed by atoms with Crippen molar-refractivity contribution >= 4 is 29.2 Å². The van der Waals surface area contributed by atoms with E-state index >= 15 is 0 Å². The van der Waals surface area contributed by atoms with Gasteiger partial charge in [0.15, 0.2) is 0 Å². The van der Waals surface area contributed by atoms with E-state index in [-0.39, 0.29) is 11.3 Å². The number of carbonyl (C=O) groups excluding carboxylic acids is 2. The van der Waals surface area contributed by atoms with Crippen LogP contribution in [0.15, 0.2) is 66.2 Å². The first kappa shape index (κ1) is 18.5. The second-order valence-electron chi connectivity index (χ2n) is 5.45. The molecule has 0 radical (unpaired) electrons. The topological polar surface area (TPSA) is 84.5 Å². The lowest BCUT2D eigenvalue weighted by Gasteiger charge is -2.25. The molecule has 0 saturated carbocycles. The molecule has 0 saturated heterocycles. The van der Waals surface area contributed by atoms with Crippen LogP contribution in [0.1, 0.15) is 0 Å². The summed E-state index contributed by atoms with van der Waals surface area (Å²) in [5, 5.41) is 7.32. The summed E-state index contributed by atoms with van der Waals surface area (Å²) in [6, 6.07) is 6.99. The number of hydrogen-bond acceptors (Lipinski definition) is 6. The highest BCUT2D eigenvalue weighted by molar-refractivity contribution is 6.31. The van der Waals surface area contributed by atoms with Crippen molar-refractivity contribution in [2.75, 3.05) is 19.1 Å². The molecule has 0 aliphatic carbocycles. The van der Waals surface area contributed by atoms with Crippen molar-refractivity contribution in [2.45, 2.75) is 0 Å². The first-order valence-electron chi connectivity index (χ1n) is 7.91. The summed E-state index contributed by atoms with van der Waals surface area (Å²) in [6.07, 6.45) is 8.08. The van der Waals surface area contributed by atoms with Gasteiger partial charge in [-0.25, -0.2) is 9.59 Å². The van der Waals surface area contributed by atoms with Crippen LogP contribution in [0.5, 0.6) is 0 Å². The largest absolute Gasteiger partial charge is 0.465 e. The maximum atomic E-state index is 12.6. The third kappa shape index (κ3) is 3.63. The van der Waals surface area contributed by atoms with E-state index in [1.807, 2.05) is 0 Å². The van der Waals surface area contributed by atoms with Gasteiger partial charge in [0.05, 0.1) is 31.2 Å². The minimum absolute atomic E-state index is 0.0115. The SMILES string of the molecule is COC(=O)C1=C(C(=O)OC)N(c2cc(Cl)ccc2-c2ccn[nH]2)C=CC=C1. The molecule has 138 valence electrons. The Bertz CT molecular complexity index is 961. The molecule has 1 aliphatic heterocycles. The molecule has 7 nitrogen and oxygen atoms in total. The Balaban J connectivity index is 2.27. The molecule has 0 atom stereocenters. The summed E-state index contributed by atoms with van der Waals surface area (Å²) in [6.45, 7) is 0. The molecule has 3 rings (SSSR count). The van der Waals surface area contributed by atoms with Crippen molar-refractivity contribution in [1.29, 1.82) is 0 Å². The van der Waals surface area contributed by atoms with Gasteiger partial charge in [0.1, 0.15) is 5.70 Å². The summed E-state index contributed by atoms with van der Waals surface area (Å²) in [7, 11) is 2.49. The standard InChI is InChI=1S/C19H16ClN3O4/c1-26-18(24)14-5-3-4-10-23(17(14)19(25)27-2)16-11-12(20)6-7-13(16)15-8-9-21-22-15/h3-11H,1-2H3,(H,21,22). The van der Waals surface area contributed by atoms with E-state index in [1.165, 1.54) is 20.3 Å². The zero-order chi connectivity index (χ0) is 19.4. The maximum absolute atomic E-state index is 12.6. The number of ether oxygens (including phenoxy) is 2. The number of nitrogens with zero attached hydrogens (tertiary/aromatic N) is 2. The van der Waals surface area contributed by atoms with Crippen LogP contribution in [-0.2, 0) is 19.1 Å². The average Bonchev–Trinajstić information content (AvgIpc) is 3.12. The van der Waals surface area contributed by atoms with E-state index in [4.69, 9.17) is 21.1 Å². The van der Waals surface area contributed by atoms with Crippen LogP contribution in [-0.4, -0.2) is 36.4 Å². The first-order valence-corrected chi connectivity index (χ1v) is 8.29. The lowest BCUT2D eigenvalue weighted by molar-refractivity contribution is -0.139. The van der Waals surface area contributed by atoms with Crippen molar-refractivity contribution in [3.8, 4) is 11.3 Å². The van der Waals surface area contributed by atoms with Crippen LogP contribution < -0.4 is 4.90 Å². The van der Waals surface area contributed by atoms with Gasteiger partial charge in [-0.2, -0.15) is 5.10 Å². The third-order valence-electron chi connectivity index (χ3n) is 3.90. The zero-order valence-electron chi connectivity index (χ0n) is 14.6. The minimum Gasteiger partial charge on any atom is -0.465 e. The van der Waals surface area contributed by atoms with E-state index in [2.05, 4.69) is 10.2 Å². The van der Waals surface area contributed by atoms with Gasteiger partial charge in [-0.3, -0.25) is 5.10 Å². The van der Waals surface area contributed by atoms with Crippen LogP contribution >= 0.6 is 11.6 Å². The monoisotopic (exact) mass is 385 g/mol. The summed E-state index contributed by atoms with van der Waals surface area (Å²) in [4.78, 5) is 26.4. The number of allylic oxidation sites excluding steroid dienone is 2. The van der Waals surface area contributed by atoms with Gasteiger partial charge in [-0.05, 0) is 36.4 Å². The normalized spacial score (nSPS) is 13.5. The lowest BCUT2D eigenvalue weighted by atomic mass is 10.1. The number of anilines is 1. The molecule has 1 N–H and O–H groups in total. The average molecular weight is 386 g/mol. The minimum atomic E-state index is -0.692. The van der Waals surface area contributed by atoms with E-state index in [9.17, 15) is 9.59 Å². The Kier molecular flexibility index (Phi) is 5.42. The number of rotatable bonds is 4. The van der Waals surface area contributed by atoms with Gasteiger partial charge in [0.2, 0.25) is 0 Å². The van der Waals surface area contributed by atoms with Gasteiger partial charge in [0, 0.05) is 23.0 Å². The number of H-pyrrole nitrogens is 1. The summed E-state index contributed by atoms with van der Waals surface area (Å²) in [5.41, 5.74) is 2.08. The van der Waals surface area contributed by atoms with Gasteiger partial charge in [-0.1, -0.05) is 17.7 Å². The molecular weight excluding hydrogens is 370 g/mol. The van der Waals surface area contributed by atoms with Crippen molar-refractivity contribution < 1.29 is 19.1 Å². The maximum Gasteiger partial charge on any atom is 0.355 e. The molecule has 2 heterocycles. The van der Waals surface area contributed by atoms with Crippen LogP contribution in [0.2, 0.25) is 5.02 Å². The number of carbonyl (C=O) groups is 2. The van der Waals surface area contributed by atoms with Crippen molar-refractivity contribution in [3.63, 3.8) is 0 Å². The van der Waals surface area contributed by atoms with Gasteiger partial charge in [0.25, 0.3) is 0 Å². The zero-order valence-corrected chi connectivity index (χ0v) is 15.4. The Hall–Kier alpha value is -3.32.